The maximum atomic E-state index is 12.5. The molecular weight excluding hydrogens is 384 g/mol. The molecule has 25 heavy (non-hydrogen) atoms. The van der Waals surface area contributed by atoms with Gasteiger partial charge in [0, 0.05) is 48.4 Å². The van der Waals surface area contributed by atoms with E-state index in [1.807, 2.05) is 24.4 Å². The van der Waals surface area contributed by atoms with Gasteiger partial charge < -0.3 is 15.0 Å². The predicted molar refractivity (Wildman–Crippen MR) is 99.5 cm³/mol. The molecule has 2 saturated heterocycles. The molecular formula is C18H21BrN4O2. The van der Waals surface area contributed by atoms with E-state index in [9.17, 15) is 4.79 Å². The number of rotatable bonds is 3. The van der Waals surface area contributed by atoms with Gasteiger partial charge in [-0.15, -0.1) is 0 Å². The molecule has 1 N–H and O–H groups in total. The molecule has 1 atom stereocenters. The van der Waals surface area contributed by atoms with Crippen LogP contribution in [0.4, 0.5) is 5.95 Å². The van der Waals surface area contributed by atoms with Crippen molar-refractivity contribution >= 4 is 38.7 Å². The summed E-state index contributed by atoms with van der Waals surface area (Å²) in [7, 11) is 0. The minimum Gasteiger partial charge on any atom is -0.381 e. The molecule has 7 heteroatoms. The molecule has 0 bridgehead atoms. The fraction of sp³-hybridized carbons (Fsp3) is 0.500. The standard InChI is InChI=1S/C18H21BrN4O2/c19-14-1-2-16-13(9-14)10-20-18(22-16)23-6-3-12(11-23)17(24)21-15-4-7-25-8-5-15/h1-2,9-10,12,15H,3-8,11H2,(H,21,24). The average molecular weight is 405 g/mol. The first-order chi connectivity index (χ1) is 12.2. The van der Waals surface area contributed by atoms with Crippen LogP contribution < -0.4 is 10.2 Å². The van der Waals surface area contributed by atoms with E-state index in [0.717, 1.165) is 54.4 Å². The Kier molecular flexibility index (Phi) is 4.85. The summed E-state index contributed by atoms with van der Waals surface area (Å²) < 4.78 is 6.36. The Morgan fingerprint density at radius 2 is 2.12 bits per heavy atom. The first-order valence-electron chi connectivity index (χ1n) is 8.74. The molecule has 2 aliphatic heterocycles. The number of halogens is 1. The van der Waals surface area contributed by atoms with Crippen molar-refractivity contribution in [2.75, 3.05) is 31.2 Å². The molecule has 2 aromatic rings. The third kappa shape index (κ3) is 3.77. The minimum absolute atomic E-state index is 0.00654. The summed E-state index contributed by atoms with van der Waals surface area (Å²) in [5.41, 5.74) is 0.920. The van der Waals surface area contributed by atoms with Crippen LogP contribution in [-0.2, 0) is 9.53 Å². The first kappa shape index (κ1) is 16.7. The summed E-state index contributed by atoms with van der Waals surface area (Å²) in [6.07, 6.45) is 4.51. The van der Waals surface area contributed by atoms with Crippen LogP contribution in [0.15, 0.2) is 28.9 Å². The number of hydrogen-bond donors (Lipinski definition) is 1. The third-order valence-corrected chi connectivity index (χ3v) is 5.43. The number of nitrogens with zero attached hydrogens (tertiary/aromatic N) is 3. The Morgan fingerprint density at radius 3 is 2.96 bits per heavy atom. The summed E-state index contributed by atoms with van der Waals surface area (Å²) in [6, 6.07) is 6.22. The van der Waals surface area contributed by atoms with Crippen molar-refractivity contribution in [2.45, 2.75) is 25.3 Å². The molecule has 0 radical (unpaired) electrons. The summed E-state index contributed by atoms with van der Waals surface area (Å²) in [4.78, 5) is 23.8. The van der Waals surface area contributed by atoms with E-state index in [0.29, 0.717) is 12.5 Å². The molecule has 1 amide bonds. The van der Waals surface area contributed by atoms with E-state index in [1.165, 1.54) is 0 Å². The van der Waals surface area contributed by atoms with Gasteiger partial charge in [0.1, 0.15) is 0 Å². The zero-order valence-corrected chi connectivity index (χ0v) is 15.5. The Bertz CT molecular complexity index is 779. The predicted octanol–water partition coefficient (Wildman–Crippen LogP) is 2.51. The number of ether oxygens (including phenoxy) is 1. The maximum Gasteiger partial charge on any atom is 0.225 e. The Hall–Kier alpha value is -1.73. The van der Waals surface area contributed by atoms with E-state index in [1.54, 1.807) is 0 Å². The maximum absolute atomic E-state index is 12.5. The zero-order chi connectivity index (χ0) is 17.2. The molecule has 3 heterocycles. The number of carbonyl (C=O) groups is 1. The van der Waals surface area contributed by atoms with Gasteiger partial charge in [-0.2, -0.15) is 0 Å². The van der Waals surface area contributed by atoms with Crippen molar-refractivity contribution in [3.63, 3.8) is 0 Å². The van der Waals surface area contributed by atoms with Crippen LogP contribution in [0.2, 0.25) is 0 Å². The van der Waals surface area contributed by atoms with E-state index < -0.39 is 0 Å². The summed E-state index contributed by atoms with van der Waals surface area (Å²) in [5, 5.41) is 4.18. The number of nitrogens with one attached hydrogen (secondary N) is 1. The molecule has 132 valence electrons. The highest BCUT2D eigenvalue weighted by Gasteiger charge is 2.31. The molecule has 2 aliphatic rings. The van der Waals surface area contributed by atoms with Crippen LogP contribution in [0.5, 0.6) is 0 Å². The SMILES string of the molecule is O=C(NC1CCOCC1)C1CCN(c2ncc3cc(Br)ccc3n2)C1. The Labute approximate surface area is 155 Å². The zero-order valence-electron chi connectivity index (χ0n) is 13.9. The molecule has 0 saturated carbocycles. The van der Waals surface area contributed by atoms with Crippen LogP contribution in [-0.4, -0.2) is 48.2 Å². The molecule has 1 aromatic carbocycles. The topological polar surface area (TPSA) is 67.3 Å². The number of fused-ring (bicyclic) bond motifs is 1. The first-order valence-corrected chi connectivity index (χ1v) is 9.54. The number of anilines is 1. The highest BCUT2D eigenvalue weighted by Crippen LogP contribution is 2.24. The fourth-order valence-electron chi connectivity index (χ4n) is 3.46. The van der Waals surface area contributed by atoms with Crippen molar-refractivity contribution in [3.8, 4) is 0 Å². The molecule has 1 aromatic heterocycles. The van der Waals surface area contributed by atoms with Crippen molar-refractivity contribution in [2.24, 2.45) is 5.92 Å². The van der Waals surface area contributed by atoms with Gasteiger partial charge in [0.05, 0.1) is 11.4 Å². The molecule has 1 unspecified atom stereocenters. The lowest BCUT2D eigenvalue weighted by Gasteiger charge is -2.24. The molecule has 2 fully saturated rings. The summed E-state index contributed by atoms with van der Waals surface area (Å²) >= 11 is 3.46. The lowest BCUT2D eigenvalue weighted by atomic mass is 10.1. The smallest absolute Gasteiger partial charge is 0.225 e. The van der Waals surface area contributed by atoms with Crippen molar-refractivity contribution in [1.29, 1.82) is 0 Å². The van der Waals surface area contributed by atoms with Gasteiger partial charge in [-0.05, 0) is 37.5 Å². The highest BCUT2D eigenvalue weighted by molar-refractivity contribution is 9.10. The number of hydrogen-bond acceptors (Lipinski definition) is 5. The normalized spacial score (nSPS) is 21.6. The van der Waals surface area contributed by atoms with Crippen LogP contribution >= 0.6 is 15.9 Å². The van der Waals surface area contributed by atoms with E-state index in [2.05, 4.69) is 36.1 Å². The third-order valence-electron chi connectivity index (χ3n) is 4.94. The second-order valence-corrected chi connectivity index (χ2v) is 7.62. The Morgan fingerprint density at radius 1 is 1.28 bits per heavy atom. The van der Waals surface area contributed by atoms with Gasteiger partial charge in [-0.1, -0.05) is 15.9 Å². The van der Waals surface area contributed by atoms with Gasteiger partial charge in [0.2, 0.25) is 11.9 Å². The summed E-state index contributed by atoms with van der Waals surface area (Å²) in [5.74, 6) is 0.863. The van der Waals surface area contributed by atoms with Crippen molar-refractivity contribution in [3.05, 3.63) is 28.9 Å². The molecule has 0 spiro atoms. The largest absolute Gasteiger partial charge is 0.381 e. The van der Waals surface area contributed by atoms with Crippen LogP contribution in [0, 0.1) is 5.92 Å². The second kappa shape index (κ2) is 7.25. The van der Waals surface area contributed by atoms with Gasteiger partial charge >= 0.3 is 0 Å². The average Bonchev–Trinajstić information content (AvgIpc) is 3.12. The monoisotopic (exact) mass is 404 g/mol. The van der Waals surface area contributed by atoms with Gasteiger partial charge in [0.15, 0.2) is 0 Å². The molecule has 0 aliphatic carbocycles. The molecule has 4 rings (SSSR count). The minimum atomic E-state index is 0.00654. The van der Waals surface area contributed by atoms with Gasteiger partial charge in [0.25, 0.3) is 0 Å². The lowest BCUT2D eigenvalue weighted by molar-refractivity contribution is -0.125. The number of benzene rings is 1. The van der Waals surface area contributed by atoms with Gasteiger partial charge in [-0.3, -0.25) is 4.79 Å². The van der Waals surface area contributed by atoms with Crippen molar-refractivity contribution in [1.82, 2.24) is 15.3 Å². The number of aromatic nitrogens is 2. The quantitative estimate of drug-likeness (QED) is 0.850. The van der Waals surface area contributed by atoms with Crippen molar-refractivity contribution < 1.29 is 9.53 Å². The number of carbonyl (C=O) groups excluding carboxylic acids is 1. The Balaban J connectivity index is 1.41. The van der Waals surface area contributed by atoms with E-state index in [-0.39, 0.29) is 17.9 Å². The lowest BCUT2D eigenvalue weighted by Crippen LogP contribution is -2.42. The molecule has 6 nitrogen and oxygen atoms in total. The summed E-state index contributed by atoms with van der Waals surface area (Å²) in [6.45, 7) is 2.97. The van der Waals surface area contributed by atoms with Crippen LogP contribution in [0.1, 0.15) is 19.3 Å². The fourth-order valence-corrected chi connectivity index (χ4v) is 3.84. The van der Waals surface area contributed by atoms with Gasteiger partial charge in [-0.25, -0.2) is 9.97 Å². The second-order valence-electron chi connectivity index (χ2n) is 6.70. The number of amides is 1. The highest BCUT2D eigenvalue weighted by atomic mass is 79.9. The van der Waals surface area contributed by atoms with E-state index >= 15 is 0 Å². The van der Waals surface area contributed by atoms with Crippen LogP contribution in [0.25, 0.3) is 10.9 Å². The van der Waals surface area contributed by atoms with E-state index in [4.69, 9.17) is 4.74 Å². The van der Waals surface area contributed by atoms with Crippen LogP contribution in [0.3, 0.4) is 0 Å².